The van der Waals surface area contributed by atoms with Crippen LogP contribution in [-0.2, 0) is 0 Å². The molecule has 0 saturated heterocycles. The van der Waals surface area contributed by atoms with E-state index in [-0.39, 0.29) is 0 Å². The van der Waals surface area contributed by atoms with Crippen LogP contribution in [0.5, 0.6) is 5.75 Å². The second-order valence-electron chi connectivity index (χ2n) is 4.12. The second-order valence-corrected chi connectivity index (χ2v) is 4.94. The topological polar surface area (TPSA) is 47.3 Å². The van der Waals surface area contributed by atoms with Crippen LogP contribution in [0.25, 0.3) is 0 Å². The first-order valence-corrected chi connectivity index (χ1v) is 6.57. The average molecular weight is 315 g/mol. The molecular formula is C14H13Cl2FN2O. The molecule has 0 saturated carbocycles. The van der Waals surface area contributed by atoms with E-state index in [1.807, 2.05) is 0 Å². The Morgan fingerprint density at radius 1 is 1.20 bits per heavy atom. The normalized spacial score (nSPS) is 12.2. The minimum atomic E-state index is -0.582. The third kappa shape index (κ3) is 2.88. The molecule has 0 spiro atoms. The van der Waals surface area contributed by atoms with Crippen molar-refractivity contribution >= 4 is 23.2 Å². The van der Waals surface area contributed by atoms with Gasteiger partial charge >= 0.3 is 0 Å². The Morgan fingerprint density at radius 3 is 2.40 bits per heavy atom. The Morgan fingerprint density at radius 2 is 1.85 bits per heavy atom. The lowest BCUT2D eigenvalue weighted by atomic mass is 9.98. The number of benzene rings is 2. The first-order chi connectivity index (χ1) is 9.58. The van der Waals surface area contributed by atoms with Gasteiger partial charge in [0.2, 0.25) is 0 Å². The molecule has 0 radical (unpaired) electrons. The lowest BCUT2D eigenvalue weighted by Gasteiger charge is -2.21. The maximum Gasteiger partial charge on any atom is 0.124 e. The van der Waals surface area contributed by atoms with Gasteiger partial charge < -0.3 is 4.74 Å². The fourth-order valence-corrected chi connectivity index (χ4v) is 2.66. The summed E-state index contributed by atoms with van der Waals surface area (Å²) < 4.78 is 18.7. The molecule has 3 nitrogen and oxygen atoms in total. The van der Waals surface area contributed by atoms with Gasteiger partial charge in [0.05, 0.1) is 13.2 Å². The van der Waals surface area contributed by atoms with E-state index in [1.165, 1.54) is 25.3 Å². The Bertz CT molecular complexity index is 602. The first kappa shape index (κ1) is 15.1. The van der Waals surface area contributed by atoms with Crippen molar-refractivity contribution in [1.82, 2.24) is 5.43 Å². The van der Waals surface area contributed by atoms with Crippen LogP contribution in [0, 0.1) is 5.82 Å². The lowest BCUT2D eigenvalue weighted by molar-refractivity contribution is 0.402. The summed E-state index contributed by atoms with van der Waals surface area (Å²) in [4.78, 5) is 0. The fraction of sp³-hybridized carbons (Fsp3) is 0.143. The van der Waals surface area contributed by atoms with Crippen LogP contribution in [0.3, 0.4) is 0 Å². The Hall–Kier alpha value is -1.33. The maximum atomic E-state index is 13.5. The van der Waals surface area contributed by atoms with Crippen LogP contribution in [-0.4, -0.2) is 7.11 Å². The van der Waals surface area contributed by atoms with Gasteiger partial charge in [0, 0.05) is 21.2 Å². The van der Waals surface area contributed by atoms with Crippen molar-refractivity contribution in [2.75, 3.05) is 7.11 Å². The van der Waals surface area contributed by atoms with Gasteiger partial charge in [0.25, 0.3) is 0 Å². The van der Waals surface area contributed by atoms with Crippen LogP contribution < -0.4 is 16.0 Å². The monoisotopic (exact) mass is 314 g/mol. The molecule has 0 amide bonds. The van der Waals surface area contributed by atoms with Gasteiger partial charge in [0.1, 0.15) is 11.6 Å². The molecule has 0 aromatic heterocycles. The van der Waals surface area contributed by atoms with Crippen LogP contribution >= 0.6 is 23.2 Å². The molecule has 20 heavy (non-hydrogen) atoms. The number of hydrogen-bond donors (Lipinski definition) is 2. The Balaban J connectivity index is 2.61. The van der Waals surface area contributed by atoms with E-state index in [9.17, 15) is 4.39 Å². The summed E-state index contributed by atoms with van der Waals surface area (Å²) in [5.74, 6) is 5.70. The highest BCUT2D eigenvalue weighted by atomic mass is 35.5. The molecule has 2 aromatic rings. The molecule has 0 aliphatic heterocycles. The molecule has 6 heteroatoms. The minimum Gasteiger partial charge on any atom is -0.496 e. The van der Waals surface area contributed by atoms with Gasteiger partial charge in [-0.3, -0.25) is 5.84 Å². The number of ether oxygens (including phenoxy) is 1. The third-order valence-electron chi connectivity index (χ3n) is 2.96. The number of hydrogen-bond acceptors (Lipinski definition) is 3. The van der Waals surface area contributed by atoms with Gasteiger partial charge in [-0.05, 0) is 30.3 Å². The zero-order valence-corrected chi connectivity index (χ0v) is 12.2. The predicted molar refractivity (Wildman–Crippen MR) is 78.6 cm³/mol. The van der Waals surface area contributed by atoms with Crippen LogP contribution in [0.1, 0.15) is 17.2 Å². The molecule has 0 aliphatic rings. The minimum absolute atomic E-state index is 0.399. The molecule has 1 unspecified atom stereocenters. The van der Waals surface area contributed by atoms with Crippen molar-refractivity contribution in [1.29, 1.82) is 0 Å². The van der Waals surface area contributed by atoms with Gasteiger partial charge in [-0.25, -0.2) is 9.82 Å². The van der Waals surface area contributed by atoms with Crippen molar-refractivity contribution in [3.8, 4) is 5.75 Å². The quantitative estimate of drug-likeness (QED) is 0.668. The van der Waals surface area contributed by atoms with Crippen LogP contribution in [0.2, 0.25) is 10.0 Å². The smallest absolute Gasteiger partial charge is 0.124 e. The van der Waals surface area contributed by atoms with Crippen LogP contribution in [0.15, 0.2) is 36.4 Å². The Labute approximate surface area is 126 Å². The molecule has 106 valence electrons. The summed E-state index contributed by atoms with van der Waals surface area (Å²) >= 11 is 12.3. The summed E-state index contributed by atoms with van der Waals surface area (Å²) in [7, 11) is 1.50. The highest BCUT2D eigenvalue weighted by Crippen LogP contribution is 2.37. The van der Waals surface area contributed by atoms with E-state index in [1.54, 1.807) is 18.2 Å². The first-order valence-electron chi connectivity index (χ1n) is 5.82. The van der Waals surface area contributed by atoms with E-state index < -0.39 is 11.9 Å². The van der Waals surface area contributed by atoms with E-state index in [2.05, 4.69) is 5.43 Å². The average Bonchev–Trinajstić information content (AvgIpc) is 2.43. The highest BCUT2D eigenvalue weighted by Gasteiger charge is 2.22. The molecule has 0 heterocycles. The van der Waals surface area contributed by atoms with Gasteiger partial charge in [-0.15, -0.1) is 0 Å². The maximum absolute atomic E-state index is 13.5. The highest BCUT2D eigenvalue weighted by molar-refractivity contribution is 6.36. The van der Waals surface area contributed by atoms with E-state index in [0.29, 0.717) is 26.9 Å². The number of hydrazine groups is 1. The van der Waals surface area contributed by atoms with E-state index in [0.717, 1.165) is 0 Å². The lowest BCUT2D eigenvalue weighted by Crippen LogP contribution is -2.29. The second kappa shape index (κ2) is 6.41. The standard InChI is InChI=1S/C14H13Cl2FN2O/c1-20-12-6-5-8(17)7-9(12)14(19-18)13-10(15)3-2-4-11(13)16/h2-7,14,19H,18H2,1H3. The number of methoxy groups -OCH3 is 1. The SMILES string of the molecule is COc1ccc(F)cc1C(NN)c1c(Cl)cccc1Cl. The van der Waals surface area contributed by atoms with Gasteiger partial charge in [-0.1, -0.05) is 29.3 Å². The van der Waals surface area contributed by atoms with Crippen molar-refractivity contribution in [3.63, 3.8) is 0 Å². The molecule has 3 N–H and O–H groups in total. The predicted octanol–water partition coefficient (Wildman–Crippen LogP) is 3.69. The summed E-state index contributed by atoms with van der Waals surface area (Å²) in [6.45, 7) is 0. The number of nitrogens with two attached hydrogens (primary N) is 1. The van der Waals surface area contributed by atoms with Crippen molar-refractivity contribution in [2.24, 2.45) is 5.84 Å². The van der Waals surface area contributed by atoms with Crippen LogP contribution in [0.4, 0.5) is 4.39 Å². The zero-order valence-electron chi connectivity index (χ0n) is 10.7. The largest absolute Gasteiger partial charge is 0.496 e. The summed E-state index contributed by atoms with van der Waals surface area (Å²) in [6, 6.07) is 8.71. The number of nitrogens with one attached hydrogen (secondary N) is 1. The van der Waals surface area contributed by atoms with E-state index in [4.69, 9.17) is 33.8 Å². The zero-order chi connectivity index (χ0) is 14.7. The third-order valence-corrected chi connectivity index (χ3v) is 3.62. The molecule has 2 rings (SSSR count). The van der Waals surface area contributed by atoms with E-state index >= 15 is 0 Å². The van der Waals surface area contributed by atoms with Gasteiger partial charge in [-0.2, -0.15) is 0 Å². The Kier molecular flexibility index (Phi) is 4.83. The number of halogens is 3. The fourth-order valence-electron chi connectivity index (χ4n) is 2.05. The molecule has 2 aromatic carbocycles. The van der Waals surface area contributed by atoms with Crippen molar-refractivity contribution in [2.45, 2.75) is 6.04 Å². The molecular weight excluding hydrogens is 302 g/mol. The molecule has 0 fully saturated rings. The van der Waals surface area contributed by atoms with Crippen molar-refractivity contribution < 1.29 is 9.13 Å². The summed E-state index contributed by atoms with van der Waals surface area (Å²) in [5, 5.41) is 0.874. The van der Waals surface area contributed by atoms with Gasteiger partial charge in [0.15, 0.2) is 0 Å². The molecule has 1 atom stereocenters. The van der Waals surface area contributed by atoms with Crippen molar-refractivity contribution in [3.05, 3.63) is 63.4 Å². The summed E-state index contributed by atoms with van der Waals surface area (Å²) in [6.07, 6.45) is 0. The number of rotatable bonds is 4. The summed E-state index contributed by atoms with van der Waals surface area (Å²) in [5.41, 5.74) is 3.69. The molecule has 0 bridgehead atoms. The molecule has 0 aliphatic carbocycles.